The van der Waals surface area contributed by atoms with E-state index in [2.05, 4.69) is 10.6 Å². The Hall–Kier alpha value is -3.65. The number of carbonyl (C=O) groups excluding carboxylic acids is 2. The Morgan fingerprint density at radius 2 is 1.61 bits per heavy atom. The van der Waals surface area contributed by atoms with Crippen LogP contribution in [0.4, 0.5) is 11.4 Å². The number of nitrogens with one attached hydrogen (secondary N) is 2. The molecule has 1 aliphatic carbocycles. The van der Waals surface area contributed by atoms with Gasteiger partial charge in [0.2, 0.25) is 0 Å². The molecule has 2 N–H and O–H groups in total. The predicted molar refractivity (Wildman–Crippen MR) is 126 cm³/mol. The van der Waals surface area contributed by atoms with E-state index in [1.807, 2.05) is 18.2 Å². The van der Waals surface area contributed by atoms with E-state index in [1.54, 1.807) is 42.5 Å². The summed E-state index contributed by atoms with van der Waals surface area (Å²) in [6, 6.07) is 20.3. The highest BCUT2D eigenvalue weighted by Gasteiger charge is 2.31. The van der Waals surface area contributed by atoms with Crippen LogP contribution in [-0.2, 0) is 16.4 Å². The Labute approximate surface area is 192 Å². The molecule has 33 heavy (non-hydrogen) atoms. The average molecular weight is 462 g/mol. The molecule has 0 bridgehead atoms. The largest absolute Gasteiger partial charge is 0.349 e. The summed E-state index contributed by atoms with van der Waals surface area (Å²) in [6.07, 6.45) is 2.68. The molecule has 8 heteroatoms. The van der Waals surface area contributed by atoms with Crippen molar-refractivity contribution < 1.29 is 18.0 Å². The predicted octanol–water partition coefficient (Wildman–Crippen LogP) is 3.58. The van der Waals surface area contributed by atoms with Gasteiger partial charge in [-0.1, -0.05) is 24.3 Å². The van der Waals surface area contributed by atoms with E-state index in [4.69, 9.17) is 0 Å². The van der Waals surface area contributed by atoms with E-state index in [9.17, 15) is 18.0 Å². The Morgan fingerprint density at radius 1 is 0.848 bits per heavy atom. The van der Waals surface area contributed by atoms with Crippen molar-refractivity contribution >= 4 is 33.2 Å². The quantitative estimate of drug-likeness (QED) is 0.587. The normalized spacial score (nSPS) is 15.1. The lowest BCUT2D eigenvalue weighted by molar-refractivity contribution is 0.0950. The van der Waals surface area contributed by atoms with Crippen LogP contribution < -0.4 is 14.9 Å². The Bertz CT molecular complexity index is 1330. The summed E-state index contributed by atoms with van der Waals surface area (Å²) in [7, 11) is -3.79. The second kappa shape index (κ2) is 8.37. The number of carbonyl (C=O) groups is 2. The van der Waals surface area contributed by atoms with Crippen LogP contribution in [0.3, 0.4) is 0 Å². The Balaban J connectivity index is 1.32. The van der Waals surface area contributed by atoms with E-state index in [0.717, 1.165) is 18.4 Å². The van der Waals surface area contributed by atoms with Gasteiger partial charge in [-0.15, -0.1) is 0 Å². The van der Waals surface area contributed by atoms with Crippen molar-refractivity contribution in [2.24, 2.45) is 0 Å². The first-order valence-corrected chi connectivity index (χ1v) is 12.3. The smallest absolute Gasteiger partial charge is 0.264 e. The SMILES string of the molecule is O=C(Nc1ccc(C(=O)NC2CC2)cc1)c1cccc(S(=O)(=O)N2CCc3ccccc32)c1. The highest BCUT2D eigenvalue weighted by Crippen LogP contribution is 2.32. The third-order valence-electron chi connectivity index (χ3n) is 5.85. The van der Waals surface area contributed by atoms with Gasteiger partial charge in [-0.2, -0.15) is 0 Å². The molecule has 0 spiro atoms. The molecule has 1 aliphatic heterocycles. The molecule has 168 valence electrons. The lowest BCUT2D eigenvalue weighted by atomic mass is 10.1. The number of hydrogen-bond acceptors (Lipinski definition) is 4. The zero-order valence-corrected chi connectivity index (χ0v) is 18.6. The van der Waals surface area contributed by atoms with Crippen LogP contribution in [0.5, 0.6) is 0 Å². The van der Waals surface area contributed by atoms with Gasteiger partial charge in [0.05, 0.1) is 10.6 Å². The number of amides is 2. The fourth-order valence-corrected chi connectivity index (χ4v) is 5.44. The molecule has 0 aromatic heterocycles. The standard InChI is InChI=1S/C25H23N3O4S/c29-24(26-21-12-13-21)18-8-10-20(11-9-18)27-25(30)19-5-3-6-22(16-19)33(31,32)28-15-14-17-4-1-2-7-23(17)28/h1-11,16,21H,12-15H2,(H,26,29)(H,27,30). The lowest BCUT2D eigenvalue weighted by Gasteiger charge is -2.20. The number of para-hydroxylation sites is 1. The van der Waals surface area contributed by atoms with Gasteiger partial charge in [0.1, 0.15) is 0 Å². The van der Waals surface area contributed by atoms with Gasteiger partial charge in [-0.05, 0) is 73.4 Å². The summed E-state index contributed by atoms with van der Waals surface area (Å²) in [5.41, 5.74) is 2.95. The molecular weight excluding hydrogens is 438 g/mol. The van der Waals surface area contributed by atoms with Crippen molar-refractivity contribution in [3.63, 3.8) is 0 Å². The summed E-state index contributed by atoms with van der Waals surface area (Å²) in [5, 5.41) is 5.68. The zero-order chi connectivity index (χ0) is 23.0. The van der Waals surface area contributed by atoms with E-state index < -0.39 is 15.9 Å². The van der Waals surface area contributed by atoms with E-state index >= 15 is 0 Å². The number of fused-ring (bicyclic) bond motifs is 1. The summed E-state index contributed by atoms with van der Waals surface area (Å²) in [5.74, 6) is -0.555. The Kier molecular flexibility index (Phi) is 5.38. The molecule has 7 nitrogen and oxygen atoms in total. The fourth-order valence-electron chi connectivity index (χ4n) is 3.89. The van der Waals surface area contributed by atoms with Crippen molar-refractivity contribution in [2.75, 3.05) is 16.2 Å². The van der Waals surface area contributed by atoms with Crippen LogP contribution in [0.2, 0.25) is 0 Å². The van der Waals surface area contributed by atoms with Crippen LogP contribution in [-0.4, -0.2) is 32.8 Å². The van der Waals surface area contributed by atoms with Crippen molar-refractivity contribution in [1.82, 2.24) is 5.32 Å². The highest BCUT2D eigenvalue weighted by molar-refractivity contribution is 7.92. The molecule has 0 radical (unpaired) electrons. The average Bonchev–Trinajstić information content (AvgIpc) is 3.53. The Morgan fingerprint density at radius 3 is 2.36 bits per heavy atom. The minimum absolute atomic E-state index is 0.0685. The molecule has 2 amide bonds. The van der Waals surface area contributed by atoms with Crippen LogP contribution in [0, 0.1) is 0 Å². The molecule has 1 saturated carbocycles. The third kappa shape index (κ3) is 4.34. The van der Waals surface area contributed by atoms with Crippen molar-refractivity contribution in [2.45, 2.75) is 30.2 Å². The van der Waals surface area contributed by atoms with Gasteiger partial charge < -0.3 is 10.6 Å². The summed E-state index contributed by atoms with van der Waals surface area (Å²) < 4.78 is 27.9. The van der Waals surface area contributed by atoms with E-state index in [-0.39, 0.29) is 22.4 Å². The molecule has 0 unspecified atom stereocenters. The summed E-state index contributed by atoms with van der Waals surface area (Å²) in [4.78, 5) is 25.0. The van der Waals surface area contributed by atoms with Crippen molar-refractivity contribution in [3.8, 4) is 0 Å². The molecular formula is C25H23N3O4S. The van der Waals surface area contributed by atoms with E-state index in [0.29, 0.717) is 29.9 Å². The van der Waals surface area contributed by atoms with E-state index in [1.165, 1.54) is 16.4 Å². The van der Waals surface area contributed by atoms with Crippen molar-refractivity contribution in [3.05, 3.63) is 89.5 Å². The first-order chi connectivity index (χ1) is 15.9. The van der Waals surface area contributed by atoms with Crippen LogP contribution in [0.1, 0.15) is 39.1 Å². The molecule has 0 atom stereocenters. The van der Waals surface area contributed by atoms with Crippen LogP contribution in [0.25, 0.3) is 0 Å². The van der Waals surface area contributed by atoms with Crippen LogP contribution >= 0.6 is 0 Å². The second-order valence-corrected chi connectivity index (χ2v) is 10.1. The number of hydrogen-bond donors (Lipinski definition) is 2. The maximum atomic E-state index is 13.3. The minimum atomic E-state index is -3.79. The fraction of sp³-hybridized carbons (Fsp3) is 0.200. The molecule has 0 saturated heterocycles. The lowest BCUT2D eigenvalue weighted by Crippen LogP contribution is -2.29. The zero-order valence-electron chi connectivity index (χ0n) is 17.8. The van der Waals surface area contributed by atoms with Gasteiger partial charge in [0.25, 0.3) is 21.8 Å². The van der Waals surface area contributed by atoms with Gasteiger partial charge >= 0.3 is 0 Å². The van der Waals surface area contributed by atoms with Crippen molar-refractivity contribution in [1.29, 1.82) is 0 Å². The number of benzene rings is 3. The van der Waals surface area contributed by atoms with Gasteiger partial charge in [0.15, 0.2) is 0 Å². The molecule has 5 rings (SSSR count). The topological polar surface area (TPSA) is 95.6 Å². The first-order valence-electron chi connectivity index (χ1n) is 10.8. The molecule has 3 aromatic carbocycles. The maximum absolute atomic E-state index is 13.3. The first kappa shape index (κ1) is 21.2. The molecule has 1 fully saturated rings. The number of rotatable bonds is 6. The molecule has 1 heterocycles. The summed E-state index contributed by atoms with van der Waals surface area (Å²) >= 11 is 0. The number of nitrogens with zero attached hydrogens (tertiary/aromatic N) is 1. The highest BCUT2D eigenvalue weighted by atomic mass is 32.2. The second-order valence-electron chi connectivity index (χ2n) is 8.26. The third-order valence-corrected chi connectivity index (χ3v) is 7.66. The maximum Gasteiger partial charge on any atom is 0.264 e. The monoisotopic (exact) mass is 461 g/mol. The molecule has 2 aliphatic rings. The summed E-state index contributed by atoms with van der Waals surface area (Å²) in [6.45, 7) is 0.374. The van der Waals surface area contributed by atoms with Gasteiger partial charge in [0, 0.05) is 29.4 Å². The number of anilines is 2. The minimum Gasteiger partial charge on any atom is -0.349 e. The van der Waals surface area contributed by atoms with Crippen LogP contribution in [0.15, 0.2) is 77.7 Å². The molecule has 3 aromatic rings. The number of sulfonamides is 1. The van der Waals surface area contributed by atoms with Gasteiger partial charge in [-0.3, -0.25) is 13.9 Å². The van der Waals surface area contributed by atoms with Gasteiger partial charge in [-0.25, -0.2) is 8.42 Å².